The summed E-state index contributed by atoms with van der Waals surface area (Å²) in [5, 5.41) is 0. The first-order valence-electron chi connectivity index (χ1n) is 5.30. The van der Waals surface area contributed by atoms with E-state index in [9.17, 15) is 4.79 Å². The molecule has 0 heterocycles. The predicted octanol–water partition coefficient (Wildman–Crippen LogP) is 3.96. The summed E-state index contributed by atoms with van der Waals surface area (Å²) in [6.07, 6.45) is 1.70. The summed E-state index contributed by atoms with van der Waals surface area (Å²) < 4.78 is 0. The molecule has 80 valence electrons. The number of carbonyl (C=O) groups is 1. The number of ketones is 1. The Labute approximate surface area is 91.8 Å². The van der Waals surface area contributed by atoms with Gasteiger partial charge in [-0.15, -0.1) is 0 Å². The molecule has 0 fully saturated rings. The lowest BCUT2D eigenvalue weighted by Gasteiger charge is -2.09. The van der Waals surface area contributed by atoms with Gasteiger partial charge in [0.25, 0.3) is 0 Å². The third-order valence-electron chi connectivity index (χ3n) is 2.27. The minimum Gasteiger partial charge on any atom is -0.289 e. The monoisotopic (exact) mass is 202 g/mol. The molecule has 0 saturated carbocycles. The van der Waals surface area contributed by atoms with Gasteiger partial charge in [0, 0.05) is 5.56 Å². The van der Waals surface area contributed by atoms with Gasteiger partial charge in [-0.3, -0.25) is 4.79 Å². The molecule has 0 radical (unpaired) electrons. The van der Waals surface area contributed by atoms with Crippen LogP contribution in [0.25, 0.3) is 0 Å². The van der Waals surface area contributed by atoms with Crippen LogP contribution in [0.5, 0.6) is 0 Å². The molecular formula is C14H18O. The van der Waals surface area contributed by atoms with Gasteiger partial charge in [0.15, 0.2) is 5.78 Å². The Morgan fingerprint density at radius 3 is 2.33 bits per heavy atom. The molecule has 1 heteroatoms. The maximum atomic E-state index is 11.9. The van der Waals surface area contributed by atoms with Gasteiger partial charge in [0.05, 0.1) is 0 Å². The summed E-state index contributed by atoms with van der Waals surface area (Å²) in [6, 6.07) is 7.82. The van der Waals surface area contributed by atoms with Crippen molar-refractivity contribution in [1.82, 2.24) is 0 Å². The SMILES string of the molecule is CC(C)=CC(=O)c1ccccc1C(C)C. The number of hydrogen-bond donors (Lipinski definition) is 0. The van der Waals surface area contributed by atoms with E-state index in [0.717, 1.165) is 16.7 Å². The first kappa shape index (κ1) is 11.7. The molecule has 1 nitrogen and oxygen atoms in total. The Kier molecular flexibility index (Phi) is 3.84. The molecule has 1 aromatic carbocycles. The van der Waals surface area contributed by atoms with Crippen molar-refractivity contribution in [1.29, 1.82) is 0 Å². The van der Waals surface area contributed by atoms with Crippen molar-refractivity contribution in [3.8, 4) is 0 Å². The normalized spacial score (nSPS) is 10.2. The molecule has 0 aliphatic heterocycles. The molecule has 0 aliphatic carbocycles. The van der Waals surface area contributed by atoms with Gasteiger partial charge >= 0.3 is 0 Å². The highest BCUT2D eigenvalue weighted by Gasteiger charge is 2.10. The van der Waals surface area contributed by atoms with Crippen molar-refractivity contribution < 1.29 is 4.79 Å². The van der Waals surface area contributed by atoms with E-state index in [4.69, 9.17) is 0 Å². The second-order valence-electron chi connectivity index (χ2n) is 4.33. The molecule has 0 aliphatic rings. The molecule has 0 unspecified atom stereocenters. The van der Waals surface area contributed by atoms with E-state index < -0.39 is 0 Å². The van der Waals surface area contributed by atoms with Gasteiger partial charge < -0.3 is 0 Å². The third kappa shape index (κ3) is 3.05. The summed E-state index contributed by atoms with van der Waals surface area (Å²) in [7, 11) is 0. The summed E-state index contributed by atoms with van der Waals surface area (Å²) in [4.78, 5) is 11.9. The molecule has 1 aromatic rings. The Balaban J connectivity index is 3.14. The summed E-state index contributed by atoms with van der Waals surface area (Å²) in [5.74, 6) is 0.495. The van der Waals surface area contributed by atoms with Crippen LogP contribution in [0, 0.1) is 0 Å². The molecular weight excluding hydrogens is 184 g/mol. The highest BCUT2D eigenvalue weighted by molar-refractivity contribution is 6.06. The molecule has 0 saturated heterocycles. The van der Waals surface area contributed by atoms with Gasteiger partial charge in [0.2, 0.25) is 0 Å². The molecule has 0 spiro atoms. The van der Waals surface area contributed by atoms with Gasteiger partial charge in [-0.25, -0.2) is 0 Å². The van der Waals surface area contributed by atoms with Gasteiger partial charge in [-0.1, -0.05) is 43.7 Å². The van der Waals surface area contributed by atoms with Crippen molar-refractivity contribution in [2.75, 3.05) is 0 Å². The number of allylic oxidation sites excluding steroid dienone is 2. The van der Waals surface area contributed by atoms with Crippen LogP contribution in [-0.4, -0.2) is 5.78 Å². The minimum absolute atomic E-state index is 0.110. The smallest absolute Gasteiger partial charge is 0.186 e. The highest BCUT2D eigenvalue weighted by Crippen LogP contribution is 2.20. The van der Waals surface area contributed by atoms with E-state index in [1.807, 2.05) is 38.1 Å². The maximum absolute atomic E-state index is 11.9. The van der Waals surface area contributed by atoms with Crippen molar-refractivity contribution >= 4 is 5.78 Å². The molecule has 0 bridgehead atoms. The highest BCUT2D eigenvalue weighted by atomic mass is 16.1. The van der Waals surface area contributed by atoms with Crippen LogP contribution in [-0.2, 0) is 0 Å². The second-order valence-corrected chi connectivity index (χ2v) is 4.33. The van der Waals surface area contributed by atoms with E-state index in [1.54, 1.807) is 6.08 Å². The summed E-state index contributed by atoms with van der Waals surface area (Å²) >= 11 is 0. The Morgan fingerprint density at radius 1 is 1.20 bits per heavy atom. The second kappa shape index (κ2) is 4.92. The van der Waals surface area contributed by atoms with E-state index >= 15 is 0 Å². The van der Waals surface area contributed by atoms with E-state index in [-0.39, 0.29) is 5.78 Å². The van der Waals surface area contributed by atoms with Crippen molar-refractivity contribution in [2.24, 2.45) is 0 Å². The molecule has 1 rings (SSSR count). The zero-order valence-electron chi connectivity index (χ0n) is 9.87. The number of carbonyl (C=O) groups excluding carboxylic acids is 1. The maximum Gasteiger partial charge on any atom is 0.186 e. The van der Waals surface area contributed by atoms with Crippen LogP contribution in [0.15, 0.2) is 35.9 Å². The Bertz CT molecular complexity index is 382. The number of benzene rings is 1. The Morgan fingerprint density at radius 2 is 1.80 bits per heavy atom. The van der Waals surface area contributed by atoms with Crippen LogP contribution >= 0.6 is 0 Å². The summed E-state index contributed by atoms with van der Waals surface area (Å²) in [6.45, 7) is 8.09. The fourth-order valence-corrected chi connectivity index (χ4v) is 1.56. The lowest BCUT2D eigenvalue weighted by atomic mass is 9.94. The van der Waals surface area contributed by atoms with Gasteiger partial charge in [-0.05, 0) is 31.4 Å². The Hall–Kier alpha value is -1.37. The minimum atomic E-state index is 0.110. The quantitative estimate of drug-likeness (QED) is 0.535. The zero-order valence-corrected chi connectivity index (χ0v) is 9.87. The van der Waals surface area contributed by atoms with E-state index in [2.05, 4.69) is 13.8 Å². The third-order valence-corrected chi connectivity index (χ3v) is 2.27. The van der Waals surface area contributed by atoms with Gasteiger partial charge in [0.1, 0.15) is 0 Å². The average molecular weight is 202 g/mol. The fourth-order valence-electron chi connectivity index (χ4n) is 1.56. The molecule has 15 heavy (non-hydrogen) atoms. The van der Waals surface area contributed by atoms with Crippen LogP contribution in [0.2, 0.25) is 0 Å². The zero-order chi connectivity index (χ0) is 11.4. The van der Waals surface area contributed by atoms with Gasteiger partial charge in [-0.2, -0.15) is 0 Å². The van der Waals surface area contributed by atoms with Crippen LogP contribution < -0.4 is 0 Å². The predicted molar refractivity (Wildman–Crippen MR) is 64.3 cm³/mol. The van der Waals surface area contributed by atoms with Crippen LogP contribution in [0.1, 0.15) is 49.5 Å². The standard InChI is InChI=1S/C14H18O/c1-10(2)9-14(15)13-8-6-5-7-12(13)11(3)4/h5-9,11H,1-4H3. The molecule has 0 atom stereocenters. The van der Waals surface area contributed by atoms with E-state index in [1.165, 1.54) is 0 Å². The lowest BCUT2D eigenvalue weighted by Crippen LogP contribution is -2.02. The first-order chi connectivity index (χ1) is 7.02. The fraction of sp³-hybridized carbons (Fsp3) is 0.357. The van der Waals surface area contributed by atoms with E-state index in [0.29, 0.717) is 5.92 Å². The topological polar surface area (TPSA) is 17.1 Å². The van der Waals surface area contributed by atoms with Crippen molar-refractivity contribution in [2.45, 2.75) is 33.6 Å². The van der Waals surface area contributed by atoms with Crippen LogP contribution in [0.4, 0.5) is 0 Å². The molecule has 0 amide bonds. The lowest BCUT2D eigenvalue weighted by molar-refractivity contribution is 0.104. The molecule has 0 aromatic heterocycles. The van der Waals surface area contributed by atoms with Crippen molar-refractivity contribution in [3.63, 3.8) is 0 Å². The summed E-state index contributed by atoms with van der Waals surface area (Å²) in [5.41, 5.74) is 2.99. The van der Waals surface area contributed by atoms with Crippen LogP contribution in [0.3, 0.4) is 0 Å². The van der Waals surface area contributed by atoms with Crippen molar-refractivity contribution in [3.05, 3.63) is 47.0 Å². The number of hydrogen-bond acceptors (Lipinski definition) is 1. The first-order valence-corrected chi connectivity index (χ1v) is 5.30. The molecule has 0 N–H and O–H groups in total. The average Bonchev–Trinajstić information content (AvgIpc) is 2.16. The number of rotatable bonds is 3. The largest absolute Gasteiger partial charge is 0.289 e.